The minimum absolute atomic E-state index is 0.0988. The standard InChI is InChI=1S/C20H21FN4O3/c1-20(21)8-7-16(13-5-3-2-4-6-13)25(12-20)19(28)18(27)24-15-9-14(17(22)26)10-23-11-15/h2-6,9-11,16H,7-8,12H2,1H3,(H2,22,26)(H,24,27)/t16-,20+/m0/s1. The van der Waals surface area contributed by atoms with E-state index in [1.807, 2.05) is 30.3 Å². The average Bonchev–Trinajstić information content (AvgIpc) is 2.67. The summed E-state index contributed by atoms with van der Waals surface area (Å²) in [5.41, 5.74) is 4.72. The number of amides is 3. The summed E-state index contributed by atoms with van der Waals surface area (Å²) in [6.07, 6.45) is 3.25. The van der Waals surface area contributed by atoms with Crippen molar-refractivity contribution in [3.05, 3.63) is 59.9 Å². The van der Waals surface area contributed by atoms with Crippen molar-refractivity contribution in [2.24, 2.45) is 5.73 Å². The molecule has 7 nitrogen and oxygen atoms in total. The van der Waals surface area contributed by atoms with Crippen LogP contribution < -0.4 is 11.1 Å². The molecule has 0 saturated carbocycles. The second-order valence-electron chi connectivity index (χ2n) is 7.09. The molecule has 28 heavy (non-hydrogen) atoms. The third kappa shape index (κ3) is 4.33. The van der Waals surface area contributed by atoms with Crippen LogP contribution in [0.1, 0.15) is 41.7 Å². The molecule has 1 aliphatic rings. The maximum absolute atomic E-state index is 14.6. The number of alkyl halides is 1. The number of carbonyl (C=O) groups excluding carboxylic acids is 3. The van der Waals surface area contributed by atoms with Crippen molar-refractivity contribution in [3.63, 3.8) is 0 Å². The molecule has 1 saturated heterocycles. The lowest BCUT2D eigenvalue weighted by molar-refractivity contribution is -0.148. The Morgan fingerprint density at radius 1 is 1.25 bits per heavy atom. The predicted octanol–water partition coefficient (Wildman–Crippen LogP) is 2.21. The van der Waals surface area contributed by atoms with Crippen LogP contribution in [0.3, 0.4) is 0 Å². The van der Waals surface area contributed by atoms with Crippen molar-refractivity contribution >= 4 is 23.4 Å². The average molecular weight is 384 g/mol. The number of halogens is 1. The van der Waals surface area contributed by atoms with Gasteiger partial charge in [-0.3, -0.25) is 19.4 Å². The van der Waals surface area contributed by atoms with Gasteiger partial charge in [0.2, 0.25) is 5.91 Å². The van der Waals surface area contributed by atoms with E-state index in [2.05, 4.69) is 10.3 Å². The minimum Gasteiger partial charge on any atom is -0.366 e. The Balaban J connectivity index is 1.81. The van der Waals surface area contributed by atoms with Crippen LogP contribution in [-0.4, -0.2) is 39.8 Å². The van der Waals surface area contributed by atoms with Gasteiger partial charge in [-0.25, -0.2) is 4.39 Å². The van der Waals surface area contributed by atoms with Gasteiger partial charge in [0.25, 0.3) is 0 Å². The highest BCUT2D eigenvalue weighted by Crippen LogP contribution is 2.37. The summed E-state index contributed by atoms with van der Waals surface area (Å²) in [6, 6.07) is 10.2. The van der Waals surface area contributed by atoms with Crippen molar-refractivity contribution in [1.29, 1.82) is 0 Å². The summed E-state index contributed by atoms with van der Waals surface area (Å²) in [6.45, 7) is 1.24. The number of likely N-dealkylation sites (tertiary alicyclic amines) is 1. The van der Waals surface area contributed by atoms with Crippen LogP contribution in [0.25, 0.3) is 0 Å². The first-order valence-corrected chi connectivity index (χ1v) is 8.87. The Hall–Kier alpha value is -3.29. The molecule has 1 aliphatic heterocycles. The third-order valence-corrected chi connectivity index (χ3v) is 4.74. The van der Waals surface area contributed by atoms with Gasteiger partial charge in [-0.1, -0.05) is 30.3 Å². The summed E-state index contributed by atoms with van der Waals surface area (Å²) in [7, 11) is 0. The Morgan fingerprint density at radius 3 is 2.64 bits per heavy atom. The number of aromatic nitrogens is 1. The van der Waals surface area contributed by atoms with Crippen molar-refractivity contribution in [1.82, 2.24) is 9.88 Å². The Labute approximate surface area is 161 Å². The van der Waals surface area contributed by atoms with E-state index in [4.69, 9.17) is 5.73 Å². The summed E-state index contributed by atoms with van der Waals surface area (Å²) < 4.78 is 14.6. The summed E-state index contributed by atoms with van der Waals surface area (Å²) in [4.78, 5) is 41.7. The van der Waals surface area contributed by atoms with E-state index in [9.17, 15) is 18.8 Å². The summed E-state index contributed by atoms with van der Waals surface area (Å²) in [5.74, 6) is -2.48. The highest BCUT2D eigenvalue weighted by Gasteiger charge is 2.41. The number of piperidine rings is 1. The molecule has 2 aromatic rings. The summed E-state index contributed by atoms with van der Waals surface area (Å²) >= 11 is 0. The number of carbonyl (C=O) groups is 3. The number of anilines is 1. The first-order chi connectivity index (χ1) is 13.3. The number of pyridine rings is 1. The molecule has 0 spiro atoms. The number of hydrogen-bond acceptors (Lipinski definition) is 4. The second-order valence-corrected chi connectivity index (χ2v) is 7.09. The fourth-order valence-corrected chi connectivity index (χ4v) is 3.33. The molecule has 0 aliphatic carbocycles. The van der Waals surface area contributed by atoms with Gasteiger partial charge in [0, 0.05) is 6.20 Å². The molecule has 3 rings (SSSR count). The number of benzene rings is 1. The number of primary amides is 1. The van der Waals surface area contributed by atoms with Gasteiger partial charge in [0.15, 0.2) is 0 Å². The first-order valence-electron chi connectivity index (χ1n) is 8.87. The van der Waals surface area contributed by atoms with Gasteiger partial charge in [-0.2, -0.15) is 0 Å². The van der Waals surface area contributed by atoms with Crippen molar-refractivity contribution in [3.8, 4) is 0 Å². The van der Waals surface area contributed by atoms with E-state index in [-0.39, 0.29) is 17.8 Å². The van der Waals surface area contributed by atoms with Gasteiger partial charge in [-0.15, -0.1) is 0 Å². The van der Waals surface area contributed by atoms with Crippen LogP contribution in [-0.2, 0) is 9.59 Å². The molecule has 3 N–H and O–H groups in total. The molecular formula is C20H21FN4O3. The molecule has 2 heterocycles. The lowest BCUT2D eigenvalue weighted by atomic mass is 9.88. The molecule has 1 aromatic heterocycles. The number of nitrogens with zero attached hydrogens (tertiary/aromatic N) is 2. The number of nitrogens with one attached hydrogen (secondary N) is 1. The topological polar surface area (TPSA) is 105 Å². The lowest BCUT2D eigenvalue weighted by Crippen LogP contribution is -2.51. The van der Waals surface area contributed by atoms with Gasteiger partial charge < -0.3 is 16.0 Å². The van der Waals surface area contributed by atoms with Gasteiger partial charge in [0.05, 0.1) is 30.0 Å². The second kappa shape index (κ2) is 7.75. The predicted molar refractivity (Wildman–Crippen MR) is 101 cm³/mol. The Morgan fingerprint density at radius 2 is 1.96 bits per heavy atom. The highest BCUT2D eigenvalue weighted by molar-refractivity contribution is 6.39. The molecule has 146 valence electrons. The van der Waals surface area contributed by atoms with E-state index in [0.717, 1.165) is 5.56 Å². The molecule has 0 radical (unpaired) electrons. The van der Waals surface area contributed by atoms with Crippen molar-refractivity contribution in [2.75, 3.05) is 11.9 Å². The van der Waals surface area contributed by atoms with Crippen LogP contribution >= 0.6 is 0 Å². The van der Waals surface area contributed by atoms with E-state index in [0.29, 0.717) is 12.8 Å². The van der Waals surface area contributed by atoms with Crippen LogP contribution in [0.5, 0.6) is 0 Å². The fourth-order valence-electron chi connectivity index (χ4n) is 3.33. The Kier molecular flexibility index (Phi) is 5.39. The molecule has 0 unspecified atom stereocenters. The van der Waals surface area contributed by atoms with Crippen LogP contribution in [0.15, 0.2) is 48.8 Å². The van der Waals surface area contributed by atoms with Crippen LogP contribution in [0, 0.1) is 0 Å². The largest absolute Gasteiger partial charge is 0.366 e. The Bertz CT molecular complexity index is 901. The number of rotatable bonds is 3. The molecule has 1 fully saturated rings. The van der Waals surface area contributed by atoms with Gasteiger partial charge in [0.1, 0.15) is 5.67 Å². The fraction of sp³-hybridized carbons (Fsp3) is 0.300. The zero-order chi connectivity index (χ0) is 20.3. The highest BCUT2D eigenvalue weighted by atomic mass is 19.1. The van der Waals surface area contributed by atoms with Crippen molar-refractivity contribution < 1.29 is 18.8 Å². The molecule has 1 aromatic carbocycles. The van der Waals surface area contributed by atoms with Gasteiger partial charge >= 0.3 is 11.8 Å². The molecule has 2 atom stereocenters. The van der Waals surface area contributed by atoms with Crippen LogP contribution in [0.2, 0.25) is 0 Å². The normalized spacial score (nSPS) is 21.8. The summed E-state index contributed by atoms with van der Waals surface area (Å²) in [5, 5.41) is 2.41. The van der Waals surface area contributed by atoms with E-state index in [1.54, 1.807) is 0 Å². The minimum atomic E-state index is -1.57. The maximum Gasteiger partial charge on any atom is 0.313 e. The van der Waals surface area contributed by atoms with Gasteiger partial charge in [-0.05, 0) is 31.4 Å². The molecule has 3 amide bonds. The lowest BCUT2D eigenvalue weighted by Gasteiger charge is -2.41. The smallest absolute Gasteiger partial charge is 0.313 e. The first kappa shape index (κ1) is 19.5. The maximum atomic E-state index is 14.6. The monoisotopic (exact) mass is 384 g/mol. The van der Waals surface area contributed by atoms with E-state index >= 15 is 0 Å². The molecule has 0 bridgehead atoms. The quantitative estimate of drug-likeness (QED) is 0.792. The zero-order valence-corrected chi connectivity index (χ0v) is 15.4. The SMILES string of the molecule is C[C@@]1(F)CC[C@@H](c2ccccc2)N(C(=O)C(=O)Nc2cncc(C(N)=O)c2)C1. The van der Waals surface area contributed by atoms with E-state index < -0.39 is 29.4 Å². The van der Waals surface area contributed by atoms with E-state index in [1.165, 1.54) is 30.3 Å². The third-order valence-electron chi connectivity index (χ3n) is 4.74. The molecular weight excluding hydrogens is 363 g/mol. The van der Waals surface area contributed by atoms with Crippen LogP contribution in [0.4, 0.5) is 10.1 Å². The molecule has 8 heteroatoms. The zero-order valence-electron chi connectivity index (χ0n) is 15.4. The number of hydrogen-bond donors (Lipinski definition) is 2. The van der Waals surface area contributed by atoms with Crippen molar-refractivity contribution in [2.45, 2.75) is 31.5 Å². The number of nitrogens with two attached hydrogens (primary N) is 1.